The molecule has 0 aromatic heterocycles. The molecule has 1 heterocycles. The molecule has 47 heavy (non-hydrogen) atoms. The number of rotatable bonds is 32. The van der Waals surface area contributed by atoms with Gasteiger partial charge in [0.05, 0.1) is 13.2 Å². The SMILES string of the molecule is CCCCCCCCCCCCCC(=O)[C@]1([C@@](O)(CO)C(=O)CCCCCCCCCCCCC)OC(=O)C(O)=C1OCC(O)CO. The van der Waals surface area contributed by atoms with E-state index in [0.29, 0.717) is 25.7 Å². The normalized spacial score (nSPS) is 18.3. The Morgan fingerprint density at radius 3 is 1.53 bits per heavy atom. The molecule has 0 saturated carbocycles. The van der Waals surface area contributed by atoms with E-state index in [1.807, 2.05) is 0 Å². The Morgan fingerprint density at radius 2 is 1.13 bits per heavy atom. The van der Waals surface area contributed by atoms with E-state index in [1.165, 1.54) is 70.6 Å². The van der Waals surface area contributed by atoms with Crippen molar-refractivity contribution in [2.45, 2.75) is 185 Å². The molecule has 0 saturated heterocycles. The van der Waals surface area contributed by atoms with E-state index in [9.17, 15) is 39.9 Å². The number of aliphatic hydroxyl groups is 5. The van der Waals surface area contributed by atoms with E-state index in [2.05, 4.69) is 13.8 Å². The third-order valence-electron chi connectivity index (χ3n) is 9.28. The van der Waals surface area contributed by atoms with Gasteiger partial charge in [0.25, 0.3) is 5.60 Å². The Bertz CT molecular complexity index is 919. The lowest BCUT2D eigenvalue weighted by atomic mass is 9.73. The second kappa shape index (κ2) is 25.0. The van der Waals surface area contributed by atoms with Crippen molar-refractivity contribution in [3.05, 3.63) is 11.5 Å². The molecule has 0 bridgehead atoms. The van der Waals surface area contributed by atoms with Gasteiger partial charge in [-0.2, -0.15) is 0 Å². The monoisotopic (exact) mass is 670 g/mol. The highest BCUT2D eigenvalue weighted by Gasteiger charge is 2.70. The highest BCUT2D eigenvalue weighted by molar-refractivity contribution is 6.07. The minimum atomic E-state index is -2.92. The molecule has 3 atom stereocenters. The fraction of sp³-hybridized carbons (Fsp3) is 0.865. The van der Waals surface area contributed by atoms with E-state index < -0.39 is 66.2 Å². The maximum absolute atomic E-state index is 13.9. The van der Waals surface area contributed by atoms with Gasteiger partial charge in [-0.25, -0.2) is 4.79 Å². The Morgan fingerprint density at radius 1 is 0.723 bits per heavy atom. The summed E-state index contributed by atoms with van der Waals surface area (Å²) in [5.74, 6) is -5.14. The van der Waals surface area contributed by atoms with Gasteiger partial charge in [-0.05, 0) is 12.8 Å². The number of ether oxygens (including phenoxy) is 2. The number of carbonyl (C=O) groups excluding carboxylic acids is 3. The Hall–Kier alpha value is -2.01. The summed E-state index contributed by atoms with van der Waals surface area (Å²) in [6, 6.07) is 0. The Balaban J connectivity index is 2.88. The van der Waals surface area contributed by atoms with Crippen molar-refractivity contribution in [3.63, 3.8) is 0 Å². The fourth-order valence-electron chi connectivity index (χ4n) is 6.26. The summed E-state index contributed by atoms with van der Waals surface area (Å²) >= 11 is 0. The zero-order chi connectivity index (χ0) is 35.0. The van der Waals surface area contributed by atoms with Gasteiger partial charge in [0, 0.05) is 12.8 Å². The van der Waals surface area contributed by atoms with Crippen molar-refractivity contribution >= 4 is 17.5 Å². The van der Waals surface area contributed by atoms with Gasteiger partial charge < -0.3 is 35.0 Å². The number of Topliss-reactive ketones (excluding diaryl/α,β-unsaturated/α-hetero) is 2. The second-order valence-corrected chi connectivity index (χ2v) is 13.3. The van der Waals surface area contributed by atoms with Crippen LogP contribution in [0.3, 0.4) is 0 Å². The van der Waals surface area contributed by atoms with Crippen molar-refractivity contribution in [2.75, 3.05) is 19.8 Å². The van der Waals surface area contributed by atoms with Gasteiger partial charge >= 0.3 is 5.97 Å². The van der Waals surface area contributed by atoms with Crippen LogP contribution in [0.2, 0.25) is 0 Å². The van der Waals surface area contributed by atoms with Crippen LogP contribution in [-0.4, -0.2) is 80.2 Å². The van der Waals surface area contributed by atoms with Crippen LogP contribution in [0.5, 0.6) is 0 Å². The topological polar surface area (TPSA) is 171 Å². The van der Waals surface area contributed by atoms with Crippen molar-refractivity contribution in [3.8, 4) is 0 Å². The lowest BCUT2D eigenvalue weighted by molar-refractivity contribution is -0.200. The Kier molecular flexibility index (Phi) is 22.9. The Labute approximate surface area is 283 Å². The first-order chi connectivity index (χ1) is 22.7. The molecule has 1 aliphatic rings. The van der Waals surface area contributed by atoms with Crippen molar-refractivity contribution in [2.24, 2.45) is 0 Å². The molecule has 274 valence electrons. The zero-order valence-electron chi connectivity index (χ0n) is 29.4. The molecule has 0 aliphatic carbocycles. The van der Waals surface area contributed by atoms with Crippen molar-refractivity contribution < 1.29 is 49.4 Å². The predicted octanol–water partition coefficient (Wildman–Crippen LogP) is 6.69. The average Bonchev–Trinajstić information content (AvgIpc) is 3.34. The van der Waals surface area contributed by atoms with Gasteiger partial charge in [-0.3, -0.25) is 9.59 Å². The lowest BCUT2D eigenvalue weighted by Gasteiger charge is -2.40. The van der Waals surface area contributed by atoms with Crippen LogP contribution in [-0.2, 0) is 23.9 Å². The van der Waals surface area contributed by atoms with Crippen LogP contribution in [0.1, 0.15) is 168 Å². The molecule has 0 spiro atoms. The zero-order valence-corrected chi connectivity index (χ0v) is 29.4. The van der Waals surface area contributed by atoms with Crippen LogP contribution in [0.25, 0.3) is 0 Å². The summed E-state index contributed by atoms with van der Waals surface area (Å²) in [6.07, 6.45) is 21.1. The summed E-state index contributed by atoms with van der Waals surface area (Å²) in [5.41, 5.74) is -5.73. The highest BCUT2D eigenvalue weighted by Crippen LogP contribution is 2.44. The van der Waals surface area contributed by atoms with Gasteiger partial charge in [-0.15, -0.1) is 0 Å². The molecule has 0 fully saturated rings. The molecule has 0 aromatic carbocycles. The summed E-state index contributed by atoms with van der Waals surface area (Å²) in [5, 5.41) is 51.9. The molecule has 0 amide bonds. The third-order valence-corrected chi connectivity index (χ3v) is 9.28. The number of ketones is 2. The van der Waals surface area contributed by atoms with E-state index >= 15 is 0 Å². The van der Waals surface area contributed by atoms with Gasteiger partial charge in [-0.1, -0.05) is 142 Å². The molecule has 1 rings (SSSR count). The summed E-state index contributed by atoms with van der Waals surface area (Å²) in [4.78, 5) is 40.1. The van der Waals surface area contributed by atoms with Crippen LogP contribution in [0.15, 0.2) is 11.5 Å². The number of hydrogen-bond acceptors (Lipinski definition) is 10. The van der Waals surface area contributed by atoms with E-state index in [-0.39, 0.29) is 12.8 Å². The molecule has 1 aliphatic heterocycles. The maximum atomic E-state index is 13.9. The number of esters is 1. The molecular formula is C37H66O10. The number of cyclic esters (lactones) is 1. The van der Waals surface area contributed by atoms with Crippen molar-refractivity contribution in [1.82, 2.24) is 0 Å². The predicted molar refractivity (Wildman–Crippen MR) is 182 cm³/mol. The number of aliphatic hydroxyl groups excluding tert-OH is 4. The summed E-state index contributed by atoms with van der Waals surface area (Å²) in [6.45, 7) is 1.75. The van der Waals surface area contributed by atoms with Crippen LogP contribution in [0, 0.1) is 0 Å². The second-order valence-electron chi connectivity index (χ2n) is 13.3. The van der Waals surface area contributed by atoms with E-state index in [1.54, 1.807) is 0 Å². The largest absolute Gasteiger partial charge is 0.499 e. The standard InChI is InChI=1S/C37H66O10/c1-3-5-7-9-11-13-15-17-19-21-23-25-31(41)36(45,29-39)37(34(33(43)35(44)47-37)46-28-30(40)27-38)32(42)26-24-22-20-18-16-14-12-10-8-6-4-2/h30,38-40,43,45H,3-29H2,1-2H3/t30?,36-,37+/m1/s1. The third kappa shape index (κ3) is 14.2. The first-order valence-corrected chi connectivity index (χ1v) is 18.6. The molecular weight excluding hydrogens is 604 g/mol. The van der Waals surface area contributed by atoms with Gasteiger partial charge in [0.2, 0.25) is 17.1 Å². The molecule has 5 N–H and O–H groups in total. The maximum Gasteiger partial charge on any atom is 0.378 e. The van der Waals surface area contributed by atoms with Crippen LogP contribution >= 0.6 is 0 Å². The molecule has 10 heteroatoms. The summed E-state index contributed by atoms with van der Waals surface area (Å²) < 4.78 is 10.7. The van der Waals surface area contributed by atoms with Crippen molar-refractivity contribution in [1.29, 1.82) is 0 Å². The molecule has 0 aromatic rings. The molecule has 10 nitrogen and oxygen atoms in total. The lowest BCUT2D eigenvalue weighted by Crippen LogP contribution is -2.67. The minimum Gasteiger partial charge on any atom is -0.499 e. The van der Waals surface area contributed by atoms with Gasteiger partial charge in [0.15, 0.2) is 11.6 Å². The van der Waals surface area contributed by atoms with Crippen LogP contribution in [0.4, 0.5) is 0 Å². The molecule has 1 unspecified atom stereocenters. The average molecular weight is 671 g/mol. The summed E-state index contributed by atoms with van der Waals surface area (Å²) in [7, 11) is 0. The number of hydrogen-bond donors (Lipinski definition) is 5. The van der Waals surface area contributed by atoms with Gasteiger partial charge in [0.1, 0.15) is 12.7 Å². The number of carbonyl (C=O) groups is 3. The molecule has 0 radical (unpaired) electrons. The first kappa shape index (κ1) is 43.0. The smallest absolute Gasteiger partial charge is 0.378 e. The first-order valence-electron chi connectivity index (χ1n) is 18.6. The van der Waals surface area contributed by atoms with E-state index in [4.69, 9.17) is 9.47 Å². The number of unbranched alkanes of at least 4 members (excludes halogenated alkanes) is 20. The van der Waals surface area contributed by atoms with Crippen LogP contribution < -0.4 is 0 Å². The van der Waals surface area contributed by atoms with E-state index in [0.717, 1.165) is 44.9 Å². The minimum absolute atomic E-state index is 0.188. The highest BCUT2D eigenvalue weighted by atomic mass is 16.6. The quantitative estimate of drug-likeness (QED) is 0.0384. The fourth-order valence-corrected chi connectivity index (χ4v) is 6.26.